The quantitative estimate of drug-likeness (QED) is 0.769. The molecule has 1 aliphatic rings. The van der Waals surface area contributed by atoms with Crippen LogP contribution in [-0.2, 0) is 11.2 Å². The molecule has 2 rings (SSSR count). The summed E-state index contributed by atoms with van der Waals surface area (Å²) in [4.78, 5) is 0. The lowest BCUT2D eigenvalue weighted by molar-refractivity contribution is 0.131. The lowest BCUT2D eigenvalue weighted by atomic mass is 10.0. The molecule has 0 aliphatic carbocycles. The number of fused-ring (bicyclic) bond motifs is 1. The van der Waals surface area contributed by atoms with Crippen molar-refractivity contribution in [1.82, 2.24) is 0 Å². The van der Waals surface area contributed by atoms with E-state index in [1.807, 2.05) is 6.92 Å². The molecule has 0 saturated carbocycles. The molecule has 17 heavy (non-hydrogen) atoms. The number of hydrogen-bond donors (Lipinski definition) is 1. The molecule has 0 unspecified atom stereocenters. The zero-order chi connectivity index (χ0) is 11.9. The first-order valence-electron chi connectivity index (χ1n) is 6.47. The van der Waals surface area contributed by atoms with Crippen molar-refractivity contribution in [2.24, 2.45) is 0 Å². The van der Waals surface area contributed by atoms with E-state index in [0.29, 0.717) is 0 Å². The molecule has 0 amide bonds. The van der Waals surface area contributed by atoms with Crippen molar-refractivity contribution >= 4 is 5.69 Å². The number of hydrogen-bond acceptors (Lipinski definition) is 3. The second-order valence-corrected chi connectivity index (χ2v) is 4.25. The molecule has 1 aromatic rings. The van der Waals surface area contributed by atoms with E-state index in [-0.39, 0.29) is 0 Å². The predicted octanol–water partition coefficient (Wildman–Crippen LogP) is 2.85. The van der Waals surface area contributed by atoms with Crippen molar-refractivity contribution in [2.45, 2.75) is 26.2 Å². The molecule has 0 aromatic heterocycles. The maximum Gasteiger partial charge on any atom is 0.121 e. The van der Waals surface area contributed by atoms with Gasteiger partial charge in [-0.15, -0.1) is 0 Å². The van der Waals surface area contributed by atoms with Gasteiger partial charge in [-0.1, -0.05) is 6.07 Å². The third-order valence-electron chi connectivity index (χ3n) is 2.93. The van der Waals surface area contributed by atoms with E-state index in [0.717, 1.165) is 38.5 Å². The molecule has 0 fully saturated rings. The molecule has 3 nitrogen and oxygen atoms in total. The van der Waals surface area contributed by atoms with Gasteiger partial charge in [0.15, 0.2) is 0 Å². The fourth-order valence-corrected chi connectivity index (χ4v) is 2.03. The SMILES string of the molecule is CCOCCCOc1ccc2c(c1)NCCC2. The monoisotopic (exact) mass is 235 g/mol. The Morgan fingerprint density at radius 1 is 1.29 bits per heavy atom. The van der Waals surface area contributed by atoms with Crippen molar-refractivity contribution in [3.8, 4) is 5.75 Å². The maximum absolute atomic E-state index is 5.70. The van der Waals surface area contributed by atoms with Gasteiger partial charge in [-0.25, -0.2) is 0 Å². The summed E-state index contributed by atoms with van der Waals surface area (Å²) in [6, 6.07) is 6.33. The Balaban J connectivity index is 1.81. The van der Waals surface area contributed by atoms with Crippen LogP contribution >= 0.6 is 0 Å². The molecule has 1 aliphatic heterocycles. The molecule has 1 aromatic carbocycles. The first-order chi connectivity index (χ1) is 8.40. The first-order valence-corrected chi connectivity index (χ1v) is 6.47. The summed E-state index contributed by atoms with van der Waals surface area (Å²) in [5.74, 6) is 0.953. The third kappa shape index (κ3) is 3.63. The average Bonchev–Trinajstić information content (AvgIpc) is 2.38. The second-order valence-electron chi connectivity index (χ2n) is 4.25. The van der Waals surface area contributed by atoms with E-state index in [2.05, 4.69) is 23.5 Å². The third-order valence-corrected chi connectivity index (χ3v) is 2.93. The van der Waals surface area contributed by atoms with Crippen LogP contribution in [0.25, 0.3) is 0 Å². The zero-order valence-corrected chi connectivity index (χ0v) is 10.5. The number of aryl methyl sites for hydroxylation is 1. The average molecular weight is 235 g/mol. The highest BCUT2D eigenvalue weighted by atomic mass is 16.5. The number of ether oxygens (including phenoxy) is 2. The molecule has 94 valence electrons. The minimum Gasteiger partial charge on any atom is -0.493 e. The molecule has 0 atom stereocenters. The molecule has 0 saturated heterocycles. The molecule has 0 spiro atoms. The molecule has 1 heterocycles. The van der Waals surface area contributed by atoms with E-state index in [1.54, 1.807) is 0 Å². The van der Waals surface area contributed by atoms with E-state index in [4.69, 9.17) is 9.47 Å². The van der Waals surface area contributed by atoms with Gasteiger partial charge in [-0.05, 0) is 31.4 Å². The Labute approximate surface area is 103 Å². The summed E-state index contributed by atoms with van der Waals surface area (Å²) < 4.78 is 11.0. The van der Waals surface area contributed by atoms with Crippen molar-refractivity contribution < 1.29 is 9.47 Å². The van der Waals surface area contributed by atoms with Crippen LogP contribution in [0.4, 0.5) is 5.69 Å². The first kappa shape index (κ1) is 12.2. The van der Waals surface area contributed by atoms with Gasteiger partial charge in [0.2, 0.25) is 0 Å². The number of benzene rings is 1. The van der Waals surface area contributed by atoms with Crippen molar-refractivity contribution in [1.29, 1.82) is 0 Å². The number of rotatable bonds is 6. The molecule has 1 N–H and O–H groups in total. The van der Waals surface area contributed by atoms with Gasteiger partial charge in [-0.2, -0.15) is 0 Å². The van der Waals surface area contributed by atoms with Crippen LogP contribution in [-0.4, -0.2) is 26.4 Å². The Hall–Kier alpha value is -1.22. The minimum atomic E-state index is 0.721. The molecule has 0 bridgehead atoms. The topological polar surface area (TPSA) is 30.5 Å². The minimum absolute atomic E-state index is 0.721. The summed E-state index contributed by atoms with van der Waals surface area (Å²) in [5, 5.41) is 3.41. The van der Waals surface area contributed by atoms with E-state index in [1.165, 1.54) is 24.1 Å². The normalized spacial score (nSPS) is 13.9. The van der Waals surface area contributed by atoms with Crippen LogP contribution in [0.2, 0.25) is 0 Å². The van der Waals surface area contributed by atoms with Gasteiger partial charge < -0.3 is 14.8 Å². The Morgan fingerprint density at radius 3 is 3.12 bits per heavy atom. The predicted molar refractivity (Wildman–Crippen MR) is 69.9 cm³/mol. The fourth-order valence-electron chi connectivity index (χ4n) is 2.03. The molecular formula is C14H21NO2. The van der Waals surface area contributed by atoms with Gasteiger partial charge >= 0.3 is 0 Å². The number of anilines is 1. The van der Waals surface area contributed by atoms with Gasteiger partial charge in [0, 0.05) is 37.9 Å². The summed E-state index contributed by atoms with van der Waals surface area (Å²) in [6.07, 6.45) is 3.34. The Morgan fingerprint density at radius 2 is 2.24 bits per heavy atom. The Kier molecular flexibility index (Phi) is 4.68. The summed E-state index contributed by atoms with van der Waals surface area (Å²) >= 11 is 0. The van der Waals surface area contributed by atoms with Crippen LogP contribution in [0.5, 0.6) is 5.75 Å². The summed E-state index contributed by atoms with van der Waals surface area (Å²) in [6.45, 7) is 5.36. The zero-order valence-electron chi connectivity index (χ0n) is 10.5. The van der Waals surface area contributed by atoms with Gasteiger partial charge in [0.25, 0.3) is 0 Å². The van der Waals surface area contributed by atoms with E-state index < -0.39 is 0 Å². The van der Waals surface area contributed by atoms with Crippen molar-refractivity contribution in [3.63, 3.8) is 0 Å². The summed E-state index contributed by atoms with van der Waals surface area (Å²) in [5.41, 5.74) is 2.64. The van der Waals surface area contributed by atoms with Gasteiger partial charge in [-0.3, -0.25) is 0 Å². The summed E-state index contributed by atoms with van der Waals surface area (Å²) in [7, 11) is 0. The van der Waals surface area contributed by atoms with Crippen LogP contribution in [0.1, 0.15) is 25.3 Å². The standard InChI is InChI=1S/C14H21NO2/c1-2-16-9-4-10-17-13-7-6-12-5-3-8-15-14(12)11-13/h6-7,11,15H,2-5,8-10H2,1H3. The smallest absolute Gasteiger partial charge is 0.121 e. The maximum atomic E-state index is 5.70. The van der Waals surface area contributed by atoms with Crippen LogP contribution in [0.15, 0.2) is 18.2 Å². The Bertz CT molecular complexity index is 352. The van der Waals surface area contributed by atoms with Gasteiger partial charge in [0.05, 0.1) is 6.61 Å². The van der Waals surface area contributed by atoms with Crippen molar-refractivity contribution in [2.75, 3.05) is 31.7 Å². The van der Waals surface area contributed by atoms with Crippen LogP contribution in [0, 0.1) is 0 Å². The van der Waals surface area contributed by atoms with Gasteiger partial charge in [0.1, 0.15) is 5.75 Å². The highest BCUT2D eigenvalue weighted by molar-refractivity contribution is 5.56. The van der Waals surface area contributed by atoms with Crippen LogP contribution in [0.3, 0.4) is 0 Å². The highest BCUT2D eigenvalue weighted by Crippen LogP contribution is 2.26. The van der Waals surface area contributed by atoms with Crippen molar-refractivity contribution in [3.05, 3.63) is 23.8 Å². The number of nitrogens with one attached hydrogen (secondary N) is 1. The fraction of sp³-hybridized carbons (Fsp3) is 0.571. The largest absolute Gasteiger partial charge is 0.493 e. The van der Waals surface area contributed by atoms with E-state index in [9.17, 15) is 0 Å². The lowest BCUT2D eigenvalue weighted by Crippen LogP contribution is -2.11. The molecule has 3 heteroatoms. The lowest BCUT2D eigenvalue weighted by Gasteiger charge is -2.18. The van der Waals surface area contributed by atoms with E-state index >= 15 is 0 Å². The molecule has 0 radical (unpaired) electrons. The second kappa shape index (κ2) is 6.50. The molecular weight excluding hydrogens is 214 g/mol. The highest BCUT2D eigenvalue weighted by Gasteiger charge is 2.08. The van der Waals surface area contributed by atoms with Crippen LogP contribution < -0.4 is 10.1 Å².